The third-order valence-corrected chi connectivity index (χ3v) is 11.3. The fraction of sp³-hybridized carbons (Fsp3) is 0.295. The van der Waals surface area contributed by atoms with Crippen molar-refractivity contribution < 1.29 is 52.7 Å². The molecule has 4 aromatic carbocycles. The van der Waals surface area contributed by atoms with E-state index in [4.69, 9.17) is 55.6 Å². The van der Waals surface area contributed by atoms with Gasteiger partial charge < -0.3 is 43.1 Å². The van der Waals surface area contributed by atoms with E-state index in [2.05, 4.69) is 52.6 Å². The number of nitriles is 3. The maximum atomic E-state index is 11.3. The van der Waals surface area contributed by atoms with Gasteiger partial charge in [0.1, 0.15) is 47.5 Å². The van der Waals surface area contributed by atoms with Crippen LogP contribution in [0.1, 0.15) is 70.8 Å². The predicted molar refractivity (Wildman–Crippen MR) is 250 cm³/mol. The van der Waals surface area contributed by atoms with E-state index in [0.29, 0.717) is 73.2 Å². The van der Waals surface area contributed by atoms with Crippen molar-refractivity contribution in [2.75, 3.05) is 31.7 Å². The summed E-state index contributed by atoms with van der Waals surface area (Å²) in [6.07, 6.45) is 3.12. The number of phenols is 1. The van der Waals surface area contributed by atoms with Gasteiger partial charge in [0.2, 0.25) is 6.54 Å². The van der Waals surface area contributed by atoms with Crippen molar-refractivity contribution in [1.82, 2.24) is 0 Å². The molecule has 0 atom stereocenters. The standard InChI is InChI=1S/C15H18BNO4.C9H8BNO3.C9H6BrNO2.C7H5BrO2.C4H6BrN/c1-14(2)15(3,4)21-16(20-14)13-11(10-18)6-5-7-12(13)19-9-8-17;11-4-5-13-8-3-1-2-7-6-14-10(12)9(7)8;10-9-7(6-12)2-1-3-8(9)13-5-4-11;8-7-5(4-9)2-1-3-6(7)10;1-6-4-2-3-5/h5-7,10H,9H2,1-4H3;1-3,12H,5-6H2;1-3,6H,5H2;1-4,10H;2-4H2. The molecule has 1 saturated heterocycles. The normalized spacial score (nSPS) is 13.2. The second kappa shape index (κ2) is 28.3. The number of ether oxygens (including phenoxy) is 3. The number of fused-ring (bicyclic) bond motifs is 1. The van der Waals surface area contributed by atoms with Crippen LogP contribution in [0.3, 0.4) is 0 Å². The summed E-state index contributed by atoms with van der Waals surface area (Å²) in [5.41, 5.74) is 2.46. The molecule has 332 valence electrons. The number of carbonyl (C=O) groups excluding carboxylic acids is 3. The zero-order valence-electron chi connectivity index (χ0n) is 35.3. The van der Waals surface area contributed by atoms with Crippen molar-refractivity contribution in [2.24, 2.45) is 0 Å². The van der Waals surface area contributed by atoms with E-state index in [1.807, 2.05) is 58.0 Å². The van der Waals surface area contributed by atoms with Gasteiger partial charge in [-0.25, -0.2) is 6.57 Å². The Labute approximate surface area is 398 Å². The first-order valence-corrected chi connectivity index (χ1v) is 21.7. The van der Waals surface area contributed by atoms with Crippen LogP contribution in [0.4, 0.5) is 0 Å². The van der Waals surface area contributed by atoms with Crippen LogP contribution in [0.2, 0.25) is 0 Å². The molecule has 6 rings (SSSR count). The molecule has 4 aromatic rings. The molecule has 0 aliphatic carbocycles. The largest absolute Gasteiger partial charge is 0.507 e. The fourth-order valence-electron chi connectivity index (χ4n) is 5.20. The van der Waals surface area contributed by atoms with Gasteiger partial charge in [0.05, 0.1) is 26.8 Å². The third kappa shape index (κ3) is 16.2. The quantitative estimate of drug-likeness (QED) is 0.0466. The molecule has 0 spiro atoms. The third-order valence-electron chi connectivity index (χ3n) is 9.05. The van der Waals surface area contributed by atoms with Gasteiger partial charge in [-0.1, -0.05) is 64.5 Å². The summed E-state index contributed by atoms with van der Waals surface area (Å²) in [5.74, 6) is 1.55. The zero-order chi connectivity index (χ0) is 47.7. The minimum atomic E-state index is -0.931. The molecule has 1 fully saturated rings. The van der Waals surface area contributed by atoms with E-state index in [1.165, 1.54) is 6.07 Å². The van der Waals surface area contributed by atoms with Crippen LogP contribution in [0.15, 0.2) is 81.7 Å². The van der Waals surface area contributed by atoms with E-state index < -0.39 is 25.4 Å². The number of aldehydes is 3. The molecule has 0 unspecified atom stereocenters. The second-order valence-electron chi connectivity index (χ2n) is 13.8. The van der Waals surface area contributed by atoms with Gasteiger partial charge in [-0.2, -0.15) is 15.8 Å². The Morgan fingerprint density at radius 3 is 1.66 bits per heavy atom. The monoisotopic (exact) mass is 1060 g/mol. The van der Waals surface area contributed by atoms with Crippen LogP contribution < -0.4 is 25.1 Å². The molecule has 0 amide bonds. The van der Waals surface area contributed by atoms with Gasteiger partial charge >= 0.3 is 14.2 Å². The number of phenolic OH excluding ortho intramolecular Hbond substituents is 1. The summed E-state index contributed by atoms with van der Waals surface area (Å²) in [5, 5.41) is 44.8. The molecular weight excluding hydrogens is 1020 g/mol. The van der Waals surface area contributed by atoms with Gasteiger partial charge in [0, 0.05) is 39.4 Å². The fourth-order valence-corrected chi connectivity index (χ4v) is 6.28. The molecule has 15 nitrogen and oxygen atoms in total. The summed E-state index contributed by atoms with van der Waals surface area (Å²) >= 11 is 9.47. The van der Waals surface area contributed by atoms with Gasteiger partial charge in [-0.05, 0) is 89.4 Å². The van der Waals surface area contributed by atoms with Crippen molar-refractivity contribution in [1.29, 1.82) is 15.8 Å². The predicted octanol–water partition coefficient (Wildman–Crippen LogP) is 7.33. The van der Waals surface area contributed by atoms with Crippen LogP contribution in [-0.4, -0.2) is 86.1 Å². The lowest BCUT2D eigenvalue weighted by Crippen LogP contribution is -2.41. The SMILES string of the molecule is CC1(C)OB(c2c(C=O)cccc2OCC#N)OC1(C)C.N#CCOc1cccc(C=O)c1Br.N#CCOc1cccc2c1B(O)OC2.O=Cc1cccc(O)c1Br.[C-]#[N+]CCCBr. The lowest BCUT2D eigenvalue weighted by molar-refractivity contribution is 0.00578. The number of halogens is 3. The van der Waals surface area contributed by atoms with E-state index in [9.17, 15) is 19.4 Å². The highest BCUT2D eigenvalue weighted by Gasteiger charge is 2.53. The van der Waals surface area contributed by atoms with Crippen molar-refractivity contribution in [2.45, 2.75) is 51.9 Å². The Morgan fingerprint density at radius 2 is 1.19 bits per heavy atom. The maximum absolute atomic E-state index is 11.3. The zero-order valence-corrected chi connectivity index (χ0v) is 40.0. The molecule has 0 bridgehead atoms. The lowest BCUT2D eigenvalue weighted by Gasteiger charge is -2.32. The minimum Gasteiger partial charge on any atom is -0.507 e. The minimum absolute atomic E-state index is 0.0246. The van der Waals surface area contributed by atoms with Crippen LogP contribution in [-0.2, 0) is 20.6 Å². The van der Waals surface area contributed by atoms with E-state index in [0.717, 1.165) is 29.9 Å². The van der Waals surface area contributed by atoms with Gasteiger partial charge in [-0.15, -0.1) is 0 Å². The Hall–Kier alpha value is -5.54. The number of benzene rings is 4. The molecule has 64 heavy (non-hydrogen) atoms. The van der Waals surface area contributed by atoms with Crippen LogP contribution in [0.5, 0.6) is 23.0 Å². The van der Waals surface area contributed by atoms with E-state index in [-0.39, 0.29) is 25.6 Å². The average Bonchev–Trinajstić information content (AvgIpc) is 3.78. The van der Waals surface area contributed by atoms with Crippen molar-refractivity contribution in [3.05, 3.63) is 115 Å². The number of hydrogen-bond donors (Lipinski definition) is 2. The highest BCUT2D eigenvalue weighted by atomic mass is 79.9. The Balaban J connectivity index is 0.000000290. The number of nitrogens with zero attached hydrogens (tertiary/aromatic N) is 4. The smallest absolute Gasteiger partial charge is 0.499 e. The lowest BCUT2D eigenvalue weighted by atomic mass is 9.75. The molecule has 2 aliphatic rings. The van der Waals surface area contributed by atoms with Crippen molar-refractivity contribution >= 4 is 91.8 Å². The molecule has 2 heterocycles. The molecule has 2 aliphatic heterocycles. The topological polar surface area (TPSA) is 223 Å². The summed E-state index contributed by atoms with van der Waals surface area (Å²) in [7, 11) is -1.63. The van der Waals surface area contributed by atoms with E-state index >= 15 is 0 Å². The number of carbonyl (C=O) groups is 3. The van der Waals surface area contributed by atoms with E-state index in [1.54, 1.807) is 54.6 Å². The van der Waals surface area contributed by atoms with Gasteiger partial charge in [-0.3, -0.25) is 14.4 Å². The molecule has 0 saturated carbocycles. The van der Waals surface area contributed by atoms with Crippen molar-refractivity contribution in [3.63, 3.8) is 0 Å². The van der Waals surface area contributed by atoms with Crippen LogP contribution >= 0.6 is 47.8 Å². The van der Waals surface area contributed by atoms with Crippen LogP contribution in [0, 0.1) is 40.6 Å². The summed E-state index contributed by atoms with van der Waals surface area (Å²) in [6.45, 7) is 15.0. The molecule has 20 heteroatoms. The van der Waals surface area contributed by atoms with Crippen molar-refractivity contribution in [3.8, 4) is 41.2 Å². The van der Waals surface area contributed by atoms with Gasteiger partial charge in [0.15, 0.2) is 32.4 Å². The Bertz CT molecular complexity index is 2350. The Kier molecular flexibility index (Phi) is 24.1. The summed E-state index contributed by atoms with van der Waals surface area (Å²) in [6, 6.07) is 25.9. The van der Waals surface area contributed by atoms with Gasteiger partial charge in [0.25, 0.3) is 0 Å². The number of hydrogen-bond acceptors (Lipinski definition) is 14. The summed E-state index contributed by atoms with van der Waals surface area (Å²) in [4.78, 5) is 35.2. The number of alkyl halides is 1. The first kappa shape index (κ1) is 54.6. The first-order chi connectivity index (χ1) is 30.6. The second-order valence-corrected chi connectivity index (χ2v) is 16.2. The molecule has 0 aromatic heterocycles. The number of rotatable bonds is 12. The summed E-state index contributed by atoms with van der Waals surface area (Å²) < 4.78 is 33.6. The molecule has 0 radical (unpaired) electrons. The maximum Gasteiger partial charge on any atom is 0.499 e. The average molecular weight is 1070 g/mol. The highest BCUT2D eigenvalue weighted by Crippen LogP contribution is 2.37. The molecular formula is C44H43B2Br3N4O11. The first-order valence-electron chi connectivity index (χ1n) is 19.0. The number of aromatic hydroxyl groups is 1. The Morgan fingerprint density at radius 1 is 0.734 bits per heavy atom. The molecule has 2 N–H and O–H groups in total. The highest BCUT2D eigenvalue weighted by molar-refractivity contribution is 9.11. The van der Waals surface area contributed by atoms with Crippen LogP contribution in [0.25, 0.3) is 4.85 Å².